The summed E-state index contributed by atoms with van der Waals surface area (Å²) in [6.45, 7) is 0.514. The van der Waals surface area contributed by atoms with Crippen LogP contribution in [0.2, 0.25) is 0 Å². The summed E-state index contributed by atoms with van der Waals surface area (Å²) in [6.07, 6.45) is 1.50. The highest BCUT2D eigenvalue weighted by Crippen LogP contribution is 2.32. The Bertz CT molecular complexity index is 495. The number of thioether (sulfide) groups is 1. The van der Waals surface area contributed by atoms with Gasteiger partial charge in [0, 0.05) is 18.8 Å². The van der Waals surface area contributed by atoms with Crippen LogP contribution in [-0.2, 0) is 0 Å². The number of H-pyrrole nitrogens is 1. The molecule has 0 aromatic carbocycles. The number of thiophene rings is 1. The Morgan fingerprint density at radius 3 is 3.06 bits per heavy atom. The lowest BCUT2D eigenvalue weighted by atomic mass is 10.2. The molecule has 0 aliphatic heterocycles. The van der Waals surface area contributed by atoms with Crippen molar-refractivity contribution in [3.63, 3.8) is 0 Å². The standard InChI is InChI=1S/C10H11N3OS2/c11-5-8(7-2-4-15-6-7)16-10-12-3-1-9(14)13-10/h1-4,6,8H,5,11H2,(H,12,13,14). The topological polar surface area (TPSA) is 71.8 Å². The van der Waals surface area contributed by atoms with Crippen molar-refractivity contribution >= 4 is 23.1 Å². The number of aromatic amines is 1. The summed E-state index contributed by atoms with van der Waals surface area (Å²) in [7, 11) is 0. The second-order valence-corrected chi connectivity index (χ2v) is 5.11. The zero-order valence-electron chi connectivity index (χ0n) is 8.42. The molecule has 0 aliphatic carbocycles. The molecule has 1 atom stereocenters. The molecule has 2 heterocycles. The minimum Gasteiger partial charge on any atom is -0.329 e. The Morgan fingerprint density at radius 1 is 1.56 bits per heavy atom. The molecule has 0 spiro atoms. The van der Waals surface area contributed by atoms with E-state index in [-0.39, 0.29) is 10.8 Å². The molecule has 2 aromatic rings. The molecule has 0 bridgehead atoms. The average molecular weight is 253 g/mol. The summed E-state index contributed by atoms with van der Waals surface area (Å²) in [6, 6.07) is 3.43. The normalized spacial score (nSPS) is 12.6. The summed E-state index contributed by atoms with van der Waals surface area (Å²) in [5.41, 5.74) is 6.74. The van der Waals surface area contributed by atoms with Gasteiger partial charge < -0.3 is 10.7 Å². The summed E-state index contributed by atoms with van der Waals surface area (Å²) in [5, 5.41) is 4.82. The predicted octanol–water partition coefficient (Wildman–Crippen LogP) is 1.62. The molecular formula is C10H11N3OS2. The number of aromatic nitrogens is 2. The zero-order chi connectivity index (χ0) is 11.4. The predicted molar refractivity (Wildman–Crippen MR) is 66.8 cm³/mol. The Labute approximate surface area is 101 Å². The van der Waals surface area contributed by atoms with Crippen LogP contribution in [0.1, 0.15) is 10.8 Å². The highest BCUT2D eigenvalue weighted by molar-refractivity contribution is 7.99. The van der Waals surface area contributed by atoms with E-state index >= 15 is 0 Å². The van der Waals surface area contributed by atoms with E-state index in [4.69, 9.17) is 5.73 Å². The van der Waals surface area contributed by atoms with Crippen molar-refractivity contribution in [3.05, 3.63) is 45.0 Å². The van der Waals surface area contributed by atoms with E-state index in [1.165, 1.54) is 29.6 Å². The molecule has 0 saturated carbocycles. The molecule has 0 fully saturated rings. The van der Waals surface area contributed by atoms with Gasteiger partial charge in [-0.15, -0.1) is 0 Å². The van der Waals surface area contributed by atoms with E-state index in [0.29, 0.717) is 11.7 Å². The molecule has 0 aliphatic rings. The second-order valence-electron chi connectivity index (χ2n) is 3.14. The SMILES string of the molecule is NCC(Sc1nccc(=O)[nH]1)c1ccsc1. The van der Waals surface area contributed by atoms with E-state index < -0.39 is 0 Å². The molecule has 4 nitrogen and oxygen atoms in total. The lowest BCUT2D eigenvalue weighted by molar-refractivity contribution is 0.899. The number of nitrogens with one attached hydrogen (secondary N) is 1. The number of nitrogens with two attached hydrogens (primary N) is 1. The number of hydrogen-bond acceptors (Lipinski definition) is 5. The van der Waals surface area contributed by atoms with Gasteiger partial charge in [0.1, 0.15) is 0 Å². The van der Waals surface area contributed by atoms with Gasteiger partial charge in [-0.2, -0.15) is 11.3 Å². The largest absolute Gasteiger partial charge is 0.329 e. The van der Waals surface area contributed by atoms with Crippen LogP contribution < -0.4 is 11.3 Å². The van der Waals surface area contributed by atoms with E-state index in [9.17, 15) is 4.79 Å². The van der Waals surface area contributed by atoms with Gasteiger partial charge in [-0.05, 0) is 22.4 Å². The van der Waals surface area contributed by atoms with E-state index in [1.54, 1.807) is 11.3 Å². The van der Waals surface area contributed by atoms with Crippen molar-refractivity contribution in [2.45, 2.75) is 10.4 Å². The monoisotopic (exact) mass is 253 g/mol. The molecule has 1 unspecified atom stereocenters. The minimum atomic E-state index is -0.140. The molecule has 2 aromatic heterocycles. The second kappa shape index (κ2) is 5.29. The Kier molecular flexibility index (Phi) is 3.76. The number of hydrogen-bond donors (Lipinski definition) is 2. The van der Waals surface area contributed by atoms with Crippen LogP contribution in [-0.4, -0.2) is 16.5 Å². The maximum Gasteiger partial charge on any atom is 0.251 e. The van der Waals surface area contributed by atoms with E-state index in [2.05, 4.69) is 15.3 Å². The van der Waals surface area contributed by atoms with Crippen LogP contribution in [0.15, 0.2) is 39.0 Å². The van der Waals surface area contributed by atoms with Crippen LogP contribution in [0, 0.1) is 0 Å². The third-order valence-electron chi connectivity index (χ3n) is 2.03. The van der Waals surface area contributed by atoms with Gasteiger partial charge in [0.2, 0.25) is 0 Å². The third kappa shape index (κ3) is 2.72. The summed E-state index contributed by atoms with van der Waals surface area (Å²) in [4.78, 5) is 17.9. The fraction of sp³-hybridized carbons (Fsp3) is 0.200. The highest BCUT2D eigenvalue weighted by atomic mass is 32.2. The molecule has 0 saturated heterocycles. The van der Waals surface area contributed by atoms with E-state index in [0.717, 1.165) is 0 Å². The number of rotatable bonds is 4. The summed E-state index contributed by atoms with van der Waals surface area (Å²) >= 11 is 3.11. The first kappa shape index (κ1) is 11.4. The van der Waals surface area contributed by atoms with Crippen LogP contribution in [0.3, 0.4) is 0 Å². The zero-order valence-corrected chi connectivity index (χ0v) is 10.1. The van der Waals surface area contributed by atoms with Crippen molar-refractivity contribution in [1.29, 1.82) is 0 Å². The van der Waals surface area contributed by atoms with Crippen molar-refractivity contribution in [1.82, 2.24) is 9.97 Å². The third-order valence-corrected chi connectivity index (χ3v) is 3.91. The molecular weight excluding hydrogens is 242 g/mol. The fourth-order valence-corrected chi connectivity index (χ4v) is 2.99. The molecule has 0 amide bonds. The average Bonchev–Trinajstić information content (AvgIpc) is 2.79. The van der Waals surface area contributed by atoms with Gasteiger partial charge in [0.15, 0.2) is 5.16 Å². The Hall–Kier alpha value is -1.11. The van der Waals surface area contributed by atoms with Crippen LogP contribution >= 0.6 is 23.1 Å². The minimum absolute atomic E-state index is 0.136. The first-order valence-corrected chi connectivity index (χ1v) is 6.56. The molecule has 3 N–H and O–H groups in total. The van der Waals surface area contributed by atoms with Crippen LogP contribution in [0.5, 0.6) is 0 Å². The van der Waals surface area contributed by atoms with Gasteiger partial charge in [-0.1, -0.05) is 11.8 Å². The number of nitrogens with zero attached hydrogens (tertiary/aromatic N) is 1. The summed E-state index contributed by atoms with van der Waals surface area (Å²) in [5.74, 6) is 0. The first-order valence-electron chi connectivity index (χ1n) is 4.74. The van der Waals surface area contributed by atoms with Crippen LogP contribution in [0.25, 0.3) is 0 Å². The maximum absolute atomic E-state index is 11.1. The maximum atomic E-state index is 11.1. The van der Waals surface area contributed by atoms with Crippen molar-refractivity contribution in [2.75, 3.05) is 6.54 Å². The van der Waals surface area contributed by atoms with Gasteiger partial charge in [0.25, 0.3) is 5.56 Å². The lowest BCUT2D eigenvalue weighted by Crippen LogP contribution is -2.11. The van der Waals surface area contributed by atoms with Gasteiger partial charge in [-0.25, -0.2) is 4.98 Å². The van der Waals surface area contributed by atoms with Gasteiger partial charge >= 0.3 is 0 Å². The van der Waals surface area contributed by atoms with E-state index in [1.807, 2.05) is 11.4 Å². The quantitative estimate of drug-likeness (QED) is 0.641. The Balaban J connectivity index is 2.16. The molecule has 16 heavy (non-hydrogen) atoms. The molecule has 84 valence electrons. The first-order chi connectivity index (χ1) is 7.79. The molecule has 0 radical (unpaired) electrons. The van der Waals surface area contributed by atoms with Crippen molar-refractivity contribution in [2.24, 2.45) is 5.73 Å². The lowest BCUT2D eigenvalue weighted by Gasteiger charge is -2.11. The van der Waals surface area contributed by atoms with Crippen molar-refractivity contribution < 1.29 is 0 Å². The summed E-state index contributed by atoms with van der Waals surface area (Å²) < 4.78 is 0. The van der Waals surface area contributed by atoms with Gasteiger partial charge in [0.05, 0.1) is 5.25 Å². The smallest absolute Gasteiger partial charge is 0.251 e. The molecule has 2 rings (SSSR count). The van der Waals surface area contributed by atoms with Crippen molar-refractivity contribution in [3.8, 4) is 0 Å². The highest BCUT2D eigenvalue weighted by Gasteiger charge is 2.12. The molecule has 6 heteroatoms. The Morgan fingerprint density at radius 2 is 2.44 bits per heavy atom. The fourth-order valence-electron chi connectivity index (χ4n) is 1.26. The van der Waals surface area contributed by atoms with Gasteiger partial charge in [-0.3, -0.25) is 4.79 Å². The van der Waals surface area contributed by atoms with Crippen LogP contribution in [0.4, 0.5) is 0 Å².